The minimum absolute atomic E-state index is 0.123. The van der Waals surface area contributed by atoms with Gasteiger partial charge in [-0.1, -0.05) is 0 Å². The van der Waals surface area contributed by atoms with Crippen molar-refractivity contribution in [1.82, 2.24) is 19.9 Å². The van der Waals surface area contributed by atoms with Gasteiger partial charge in [0.2, 0.25) is 5.82 Å². The summed E-state index contributed by atoms with van der Waals surface area (Å²) in [6.45, 7) is 2.10. The van der Waals surface area contributed by atoms with Crippen molar-refractivity contribution in [1.29, 1.82) is 0 Å². The van der Waals surface area contributed by atoms with E-state index in [-0.39, 0.29) is 41.5 Å². The molecule has 12 heteroatoms. The van der Waals surface area contributed by atoms with E-state index < -0.39 is 27.6 Å². The molecule has 2 aromatic rings. The molecule has 1 aliphatic heterocycles. The lowest BCUT2D eigenvalue weighted by atomic mass is 10.1. The maximum atomic E-state index is 14.7. The summed E-state index contributed by atoms with van der Waals surface area (Å²) in [4.78, 5) is 23.7. The molecular formula is C17H19FN4O6S. The minimum atomic E-state index is -3.48. The Kier molecular flexibility index (Phi) is 5.82. The van der Waals surface area contributed by atoms with Gasteiger partial charge >= 0.3 is 6.09 Å². The second-order valence-corrected chi connectivity index (χ2v) is 8.45. The molecule has 0 aliphatic carbocycles. The van der Waals surface area contributed by atoms with Gasteiger partial charge in [0, 0.05) is 32.2 Å². The highest BCUT2D eigenvalue weighted by Crippen LogP contribution is 2.29. The highest BCUT2D eigenvalue weighted by atomic mass is 32.2. The van der Waals surface area contributed by atoms with Gasteiger partial charge in [0.1, 0.15) is 12.4 Å². The van der Waals surface area contributed by atoms with E-state index in [1.807, 2.05) is 0 Å². The monoisotopic (exact) mass is 426 g/mol. The summed E-state index contributed by atoms with van der Waals surface area (Å²) in [6, 6.07) is 2.62. The van der Waals surface area contributed by atoms with Crippen LogP contribution >= 0.6 is 0 Å². The predicted molar refractivity (Wildman–Crippen MR) is 97.4 cm³/mol. The first kappa shape index (κ1) is 20.7. The lowest BCUT2D eigenvalue weighted by molar-refractivity contribution is 0.0840. The van der Waals surface area contributed by atoms with Gasteiger partial charge in [0.15, 0.2) is 20.6 Å². The third-order valence-corrected chi connectivity index (χ3v) is 5.30. The number of aromatic nitrogens is 3. The molecule has 0 unspecified atom stereocenters. The molecule has 1 N–H and O–H groups in total. The van der Waals surface area contributed by atoms with Gasteiger partial charge in [-0.15, -0.1) is 0 Å². The largest absolute Gasteiger partial charge is 0.472 e. The number of hydrogen-bond acceptors (Lipinski definition) is 8. The molecule has 156 valence electrons. The normalized spacial score (nSPS) is 15.2. The van der Waals surface area contributed by atoms with Crippen molar-refractivity contribution in [2.75, 3.05) is 19.3 Å². The smallest absolute Gasteiger partial charge is 0.407 e. The molecule has 1 fully saturated rings. The van der Waals surface area contributed by atoms with Gasteiger partial charge in [-0.3, -0.25) is 0 Å². The summed E-state index contributed by atoms with van der Waals surface area (Å²) in [5, 5.41) is 8.85. The average Bonchev–Trinajstić information content (AvgIpc) is 2.66. The highest BCUT2D eigenvalue weighted by Gasteiger charge is 2.26. The average molecular weight is 426 g/mol. The van der Waals surface area contributed by atoms with E-state index in [0.29, 0.717) is 12.8 Å². The number of likely N-dealkylation sites (tertiary alicyclic amines) is 1. The van der Waals surface area contributed by atoms with Gasteiger partial charge in [0.25, 0.3) is 11.8 Å². The van der Waals surface area contributed by atoms with Crippen LogP contribution in [0.4, 0.5) is 9.18 Å². The summed E-state index contributed by atoms with van der Waals surface area (Å²) >= 11 is 0. The Bertz CT molecular complexity index is 1020. The Morgan fingerprint density at radius 1 is 1.24 bits per heavy atom. The van der Waals surface area contributed by atoms with Crippen LogP contribution in [0.3, 0.4) is 0 Å². The van der Waals surface area contributed by atoms with Crippen LogP contribution in [0.15, 0.2) is 23.5 Å². The minimum Gasteiger partial charge on any atom is -0.472 e. The molecule has 0 aromatic carbocycles. The number of sulfone groups is 1. The summed E-state index contributed by atoms with van der Waals surface area (Å²) < 4.78 is 48.9. The van der Waals surface area contributed by atoms with Crippen LogP contribution in [0.1, 0.15) is 18.5 Å². The molecule has 0 spiro atoms. The molecule has 1 amide bonds. The number of carbonyl (C=O) groups is 1. The number of halogens is 1. The number of aryl methyl sites for hydroxylation is 1. The van der Waals surface area contributed by atoms with Crippen molar-refractivity contribution in [2.24, 2.45) is 0 Å². The summed E-state index contributed by atoms with van der Waals surface area (Å²) in [7, 11) is -3.48. The number of carboxylic acid groups (broad SMARTS) is 1. The Morgan fingerprint density at radius 2 is 1.90 bits per heavy atom. The zero-order valence-corrected chi connectivity index (χ0v) is 16.5. The Labute approximate surface area is 166 Å². The third-order valence-electron chi connectivity index (χ3n) is 4.31. The number of amides is 1. The third kappa shape index (κ3) is 4.88. The second kappa shape index (κ2) is 8.15. The zero-order chi connectivity index (χ0) is 21.2. The number of piperidine rings is 1. The molecule has 0 atom stereocenters. The second-order valence-electron chi connectivity index (χ2n) is 6.49. The Morgan fingerprint density at radius 3 is 2.48 bits per heavy atom. The molecule has 2 aromatic heterocycles. The molecule has 0 saturated carbocycles. The van der Waals surface area contributed by atoms with Crippen molar-refractivity contribution in [3.63, 3.8) is 0 Å². The molecular weight excluding hydrogens is 407 g/mol. The van der Waals surface area contributed by atoms with E-state index in [9.17, 15) is 17.6 Å². The number of pyridine rings is 1. The van der Waals surface area contributed by atoms with Gasteiger partial charge in [-0.2, -0.15) is 14.4 Å². The number of rotatable bonds is 5. The lowest BCUT2D eigenvalue weighted by Crippen LogP contribution is -2.41. The lowest BCUT2D eigenvalue weighted by Gasteiger charge is -2.29. The topological polar surface area (TPSA) is 132 Å². The maximum Gasteiger partial charge on any atom is 0.407 e. The van der Waals surface area contributed by atoms with E-state index in [0.717, 1.165) is 12.6 Å². The van der Waals surface area contributed by atoms with Crippen molar-refractivity contribution in [2.45, 2.75) is 30.9 Å². The maximum absolute atomic E-state index is 14.7. The molecule has 10 nitrogen and oxygen atoms in total. The first-order valence-corrected chi connectivity index (χ1v) is 10.5. The Hall–Kier alpha value is -3.02. The molecule has 0 bridgehead atoms. The summed E-state index contributed by atoms with van der Waals surface area (Å²) in [6.07, 6.45) is 1.53. The standard InChI is InChI=1S/C17H19FN4O6S/c1-10-12(3-4-13(21-10)29(2,25)26)28-16-14(18)15(19-9-20-16)27-11-5-7-22(8-6-11)17(23)24/h3-4,9,11H,5-8H2,1-2H3,(H,23,24). The zero-order valence-electron chi connectivity index (χ0n) is 15.7. The van der Waals surface area contributed by atoms with E-state index >= 15 is 0 Å². The van der Waals surface area contributed by atoms with Gasteiger partial charge in [-0.05, 0) is 19.1 Å². The summed E-state index contributed by atoms with van der Waals surface area (Å²) in [5.74, 6) is -1.48. The van der Waals surface area contributed by atoms with Gasteiger partial charge < -0.3 is 19.5 Å². The van der Waals surface area contributed by atoms with Crippen LogP contribution in [-0.2, 0) is 9.84 Å². The number of ether oxygens (including phenoxy) is 2. The van der Waals surface area contributed by atoms with Crippen LogP contribution in [0.25, 0.3) is 0 Å². The Balaban J connectivity index is 1.73. The molecule has 1 saturated heterocycles. The van der Waals surface area contributed by atoms with E-state index in [1.54, 1.807) is 0 Å². The first-order chi connectivity index (χ1) is 13.6. The van der Waals surface area contributed by atoms with E-state index in [4.69, 9.17) is 14.6 Å². The van der Waals surface area contributed by atoms with Crippen LogP contribution < -0.4 is 9.47 Å². The fraction of sp³-hybridized carbons (Fsp3) is 0.412. The fourth-order valence-corrected chi connectivity index (χ4v) is 3.38. The molecule has 0 radical (unpaired) electrons. The van der Waals surface area contributed by atoms with E-state index in [1.165, 1.54) is 24.0 Å². The number of nitrogens with zero attached hydrogens (tertiary/aromatic N) is 4. The van der Waals surface area contributed by atoms with Crippen molar-refractivity contribution in [3.05, 3.63) is 30.0 Å². The van der Waals surface area contributed by atoms with Crippen molar-refractivity contribution in [3.8, 4) is 17.5 Å². The van der Waals surface area contributed by atoms with Crippen LogP contribution in [-0.4, -0.2) is 64.9 Å². The van der Waals surface area contributed by atoms with E-state index in [2.05, 4.69) is 15.0 Å². The first-order valence-electron chi connectivity index (χ1n) is 8.65. The van der Waals surface area contributed by atoms with Gasteiger partial charge in [0.05, 0.1) is 5.69 Å². The number of hydrogen-bond donors (Lipinski definition) is 1. The fourth-order valence-electron chi connectivity index (χ4n) is 2.76. The van der Waals surface area contributed by atoms with Crippen molar-refractivity contribution >= 4 is 15.9 Å². The SMILES string of the molecule is Cc1nc(S(C)(=O)=O)ccc1Oc1ncnc(OC2CCN(C(=O)O)CC2)c1F. The quantitative estimate of drug-likeness (QED) is 0.762. The van der Waals surface area contributed by atoms with Gasteiger partial charge in [-0.25, -0.2) is 18.2 Å². The van der Waals surface area contributed by atoms with Crippen LogP contribution in [0.2, 0.25) is 0 Å². The molecule has 29 heavy (non-hydrogen) atoms. The summed E-state index contributed by atoms with van der Waals surface area (Å²) in [5.41, 5.74) is 0.245. The predicted octanol–water partition coefficient (Wildman–Crippen LogP) is 2.04. The molecule has 1 aliphatic rings. The molecule has 3 heterocycles. The molecule has 3 rings (SSSR count). The van der Waals surface area contributed by atoms with Crippen molar-refractivity contribution < 1.29 is 32.2 Å². The van der Waals surface area contributed by atoms with Crippen LogP contribution in [0.5, 0.6) is 17.5 Å². The highest BCUT2D eigenvalue weighted by molar-refractivity contribution is 7.90. The van der Waals surface area contributed by atoms with Crippen LogP contribution in [0, 0.1) is 12.7 Å².